The summed E-state index contributed by atoms with van der Waals surface area (Å²) in [6.07, 6.45) is 8.85. The van der Waals surface area contributed by atoms with Gasteiger partial charge in [-0.05, 0) is 20.4 Å². The predicted molar refractivity (Wildman–Crippen MR) is 58.2 cm³/mol. The van der Waals surface area contributed by atoms with Crippen LogP contribution in [-0.4, -0.2) is 24.3 Å². The Balaban J connectivity index is 0.00000144. The highest BCUT2D eigenvalue weighted by Gasteiger charge is 2.21. The van der Waals surface area contributed by atoms with Gasteiger partial charge in [0, 0.05) is 12.0 Å². The first-order valence-corrected chi connectivity index (χ1v) is 4.44. The van der Waals surface area contributed by atoms with Crippen LogP contribution in [0.1, 0.15) is 13.3 Å². The van der Waals surface area contributed by atoms with Crippen molar-refractivity contribution in [3.05, 3.63) is 24.3 Å². The first-order valence-electron chi connectivity index (χ1n) is 4.44. The van der Waals surface area contributed by atoms with Crippen molar-refractivity contribution >= 4 is 12.4 Å². The number of aliphatic hydroxyl groups excluding tert-OH is 1. The van der Waals surface area contributed by atoms with E-state index in [1.165, 1.54) is 0 Å². The van der Waals surface area contributed by atoms with Gasteiger partial charge >= 0.3 is 0 Å². The molecule has 0 amide bonds. The largest absolute Gasteiger partial charge is 0.391 e. The van der Waals surface area contributed by atoms with Gasteiger partial charge in [0.2, 0.25) is 0 Å². The second kappa shape index (κ2) is 6.19. The molecule has 1 rings (SSSR count). The number of rotatable bonds is 3. The Labute approximate surface area is 86.1 Å². The minimum atomic E-state index is -0.281. The smallest absolute Gasteiger partial charge is 0.0755 e. The highest BCUT2D eigenvalue weighted by Crippen LogP contribution is 2.17. The summed E-state index contributed by atoms with van der Waals surface area (Å²) in [5, 5.41) is 12.8. The molecule has 0 aromatic heterocycles. The third kappa shape index (κ3) is 3.51. The standard InChI is InChI=1S/C10H17NO.ClH/c1-8(11-2)10(12)9-6-4-3-5-7-9;/h3-6,8-12H,7H2,1-2H3;1H/t8-,9+,10+;/m0./s1. The molecule has 0 spiro atoms. The molecule has 0 radical (unpaired) electrons. The van der Waals surface area contributed by atoms with E-state index in [0.29, 0.717) is 0 Å². The highest BCUT2D eigenvalue weighted by molar-refractivity contribution is 5.85. The average molecular weight is 204 g/mol. The molecule has 1 aliphatic rings. The molecule has 0 aromatic rings. The molecule has 0 aromatic carbocycles. The summed E-state index contributed by atoms with van der Waals surface area (Å²) >= 11 is 0. The molecule has 0 fully saturated rings. The highest BCUT2D eigenvalue weighted by atomic mass is 35.5. The van der Waals surface area contributed by atoms with Gasteiger partial charge in [0.25, 0.3) is 0 Å². The number of aliphatic hydroxyl groups is 1. The maximum atomic E-state index is 9.79. The van der Waals surface area contributed by atoms with Gasteiger partial charge in [-0.2, -0.15) is 0 Å². The van der Waals surface area contributed by atoms with Crippen LogP contribution < -0.4 is 5.32 Å². The Morgan fingerprint density at radius 1 is 1.46 bits per heavy atom. The summed E-state index contributed by atoms with van der Waals surface area (Å²) < 4.78 is 0. The van der Waals surface area contributed by atoms with Crippen LogP contribution in [0, 0.1) is 5.92 Å². The van der Waals surface area contributed by atoms with Crippen LogP contribution in [0.5, 0.6) is 0 Å². The molecule has 0 unspecified atom stereocenters. The first-order chi connectivity index (χ1) is 5.75. The van der Waals surface area contributed by atoms with E-state index in [4.69, 9.17) is 0 Å². The molecule has 0 saturated heterocycles. The van der Waals surface area contributed by atoms with E-state index >= 15 is 0 Å². The van der Waals surface area contributed by atoms with Crippen molar-refractivity contribution in [1.29, 1.82) is 0 Å². The molecular formula is C10H18ClNO. The van der Waals surface area contributed by atoms with Crippen LogP contribution in [0.3, 0.4) is 0 Å². The second-order valence-corrected chi connectivity index (χ2v) is 3.28. The molecule has 13 heavy (non-hydrogen) atoms. The summed E-state index contributed by atoms with van der Waals surface area (Å²) in [4.78, 5) is 0. The fraction of sp³-hybridized carbons (Fsp3) is 0.600. The van der Waals surface area contributed by atoms with Crippen LogP contribution in [0.25, 0.3) is 0 Å². The summed E-state index contributed by atoms with van der Waals surface area (Å²) in [5.74, 6) is 0.275. The fourth-order valence-electron chi connectivity index (χ4n) is 1.39. The molecule has 1 aliphatic carbocycles. The van der Waals surface area contributed by atoms with Gasteiger partial charge in [-0.3, -0.25) is 0 Å². The van der Waals surface area contributed by atoms with E-state index in [1.54, 1.807) is 0 Å². The van der Waals surface area contributed by atoms with Crippen molar-refractivity contribution in [2.75, 3.05) is 7.05 Å². The summed E-state index contributed by atoms with van der Waals surface area (Å²) in [6, 6.07) is 0.158. The minimum absolute atomic E-state index is 0. The van der Waals surface area contributed by atoms with Crippen molar-refractivity contribution in [2.24, 2.45) is 5.92 Å². The van der Waals surface area contributed by atoms with E-state index in [9.17, 15) is 5.11 Å². The number of nitrogens with one attached hydrogen (secondary N) is 1. The molecular weight excluding hydrogens is 186 g/mol. The zero-order valence-corrected chi connectivity index (χ0v) is 8.92. The molecule has 2 N–H and O–H groups in total. The predicted octanol–water partition coefficient (Wildman–Crippen LogP) is 1.51. The average Bonchev–Trinajstić information content (AvgIpc) is 2.17. The number of likely N-dealkylation sites (N-methyl/N-ethyl adjacent to an activating group) is 1. The van der Waals surface area contributed by atoms with Crippen LogP contribution >= 0.6 is 12.4 Å². The Hall–Kier alpha value is -0.310. The molecule has 0 bridgehead atoms. The lowest BCUT2D eigenvalue weighted by molar-refractivity contribution is 0.0975. The first kappa shape index (κ1) is 12.7. The van der Waals surface area contributed by atoms with Crippen molar-refractivity contribution < 1.29 is 5.11 Å². The lowest BCUT2D eigenvalue weighted by Crippen LogP contribution is -2.39. The van der Waals surface area contributed by atoms with Gasteiger partial charge in [0.15, 0.2) is 0 Å². The lowest BCUT2D eigenvalue weighted by Gasteiger charge is -2.25. The number of hydrogen-bond acceptors (Lipinski definition) is 2. The Kier molecular flexibility index (Phi) is 6.04. The van der Waals surface area contributed by atoms with Gasteiger partial charge in [-0.15, -0.1) is 12.4 Å². The van der Waals surface area contributed by atoms with E-state index in [1.807, 2.05) is 26.1 Å². The molecule has 0 saturated carbocycles. The quantitative estimate of drug-likeness (QED) is 0.729. The Bertz CT molecular complexity index is 191. The maximum Gasteiger partial charge on any atom is 0.0755 e. The van der Waals surface area contributed by atoms with E-state index in [-0.39, 0.29) is 30.5 Å². The van der Waals surface area contributed by atoms with Gasteiger partial charge in [-0.25, -0.2) is 0 Å². The van der Waals surface area contributed by atoms with Gasteiger partial charge in [0.05, 0.1) is 6.10 Å². The second-order valence-electron chi connectivity index (χ2n) is 3.28. The molecule has 2 nitrogen and oxygen atoms in total. The van der Waals surface area contributed by atoms with Gasteiger partial charge < -0.3 is 10.4 Å². The third-order valence-corrected chi connectivity index (χ3v) is 2.42. The minimum Gasteiger partial charge on any atom is -0.391 e. The monoisotopic (exact) mass is 203 g/mol. The van der Waals surface area contributed by atoms with Crippen molar-refractivity contribution in [3.63, 3.8) is 0 Å². The van der Waals surface area contributed by atoms with Gasteiger partial charge in [-0.1, -0.05) is 24.3 Å². The molecule has 0 heterocycles. The van der Waals surface area contributed by atoms with Crippen molar-refractivity contribution in [3.8, 4) is 0 Å². The van der Waals surface area contributed by atoms with Crippen LogP contribution in [-0.2, 0) is 0 Å². The Morgan fingerprint density at radius 2 is 2.15 bits per heavy atom. The lowest BCUT2D eigenvalue weighted by atomic mass is 9.91. The molecule has 0 aliphatic heterocycles. The normalized spacial score (nSPS) is 25.0. The topological polar surface area (TPSA) is 32.3 Å². The summed E-state index contributed by atoms with van der Waals surface area (Å²) in [5.41, 5.74) is 0. The summed E-state index contributed by atoms with van der Waals surface area (Å²) in [6.45, 7) is 2.00. The van der Waals surface area contributed by atoms with E-state index < -0.39 is 0 Å². The molecule has 76 valence electrons. The van der Waals surface area contributed by atoms with E-state index in [0.717, 1.165) is 6.42 Å². The van der Waals surface area contributed by atoms with Crippen molar-refractivity contribution in [2.45, 2.75) is 25.5 Å². The number of halogens is 1. The SMILES string of the molecule is CN[C@@H](C)[C@@H](O)[C@@H]1C=CC=CC1.Cl. The zero-order chi connectivity index (χ0) is 8.97. The van der Waals surface area contributed by atoms with Crippen molar-refractivity contribution in [1.82, 2.24) is 5.32 Å². The van der Waals surface area contributed by atoms with Crippen LogP contribution in [0.4, 0.5) is 0 Å². The number of hydrogen-bond donors (Lipinski definition) is 2. The van der Waals surface area contributed by atoms with E-state index in [2.05, 4.69) is 17.5 Å². The third-order valence-electron chi connectivity index (χ3n) is 2.42. The maximum absolute atomic E-state index is 9.79. The molecule has 3 atom stereocenters. The van der Waals surface area contributed by atoms with Gasteiger partial charge in [0.1, 0.15) is 0 Å². The number of allylic oxidation sites excluding steroid dienone is 3. The Morgan fingerprint density at radius 3 is 2.62 bits per heavy atom. The summed E-state index contributed by atoms with van der Waals surface area (Å²) in [7, 11) is 1.87. The zero-order valence-electron chi connectivity index (χ0n) is 8.10. The van der Waals surface area contributed by atoms with Crippen LogP contribution in [0.2, 0.25) is 0 Å². The van der Waals surface area contributed by atoms with Crippen LogP contribution in [0.15, 0.2) is 24.3 Å². The molecule has 3 heteroatoms. The fourth-order valence-corrected chi connectivity index (χ4v) is 1.39.